The summed E-state index contributed by atoms with van der Waals surface area (Å²) in [5.74, 6) is -0.386. The van der Waals surface area contributed by atoms with Crippen LogP contribution in [0.15, 0.2) is 0 Å². The topological polar surface area (TPSA) is 93.4 Å². The van der Waals surface area contributed by atoms with Gasteiger partial charge in [-0.3, -0.25) is 9.63 Å². The third kappa shape index (κ3) is 5.21. The van der Waals surface area contributed by atoms with Crippen molar-refractivity contribution in [2.75, 3.05) is 6.61 Å². The second kappa shape index (κ2) is 7.05. The van der Waals surface area contributed by atoms with E-state index in [-0.39, 0.29) is 11.8 Å². The lowest BCUT2D eigenvalue weighted by molar-refractivity contribution is -0.136. The van der Waals surface area contributed by atoms with Crippen LogP contribution in [0.4, 0.5) is 4.79 Å². The summed E-state index contributed by atoms with van der Waals surface area (Å²) in [6, 6.07) is -1.37. The van der Waals surface area contributed by atoms with Gasteiger partial charge in [0.15, 0.2) is 0 Å². The Hall–Kier alpha value is -1.30. The molecule has 0 saturated carbocycles. The number of carbonyl (C=O) groups excluding carboxylic acids is 2. The molecule has 15 heavy (non-hydrogen) atoms. The van der Waals surface area contributed by atoms with Crippen molar-refractivity contribution in [2.24, 2.45) is 11.7 Å². The first-order valence-corrected chi connectivity index (χ1v) is 5.00. The zero-order chi connectivity index (χ0) is 11.8. The molecule has 6 heteroatoms. The van der Waals surface area contributed by atoms with Gasteiger partial charge in [0.05, 0.1) is 6.61 Å². The molecule has 0 aromatic rings. The highest BCUT2D eigenvalue weighted by molar-refractivity contribution is 5.86. The minimum Gasteiger partial charge on any atom is -0.352 e. The van der Waals surface area contributed by atoms with Gasteiger partial charge in [-0.05, 0) is 12.8 Å². The van der Waals surface area contributed by atoms with Crippen molar-refractivity contribution < 1.29 is 14.4 Å². The first-order valence-electron chi connectivity index (χ1n) is 5.00. The molecule has 2 unspecified atom stereocenters. The fourth-order valence-corrected chi connectivity index (χ4v) is 1.06. The van der Waals surface area contributed by atoms with Gasteiger partial charge in [0.1, 0.15) is 6.04 Å². The molecule has 0 spiro atoms. The number of amides is 3. The van der Waals surface area contributed by atoms with Crippen molar-refractivity contribution in [1.29, 1.82) is 0 Å². The molecule has 0 aliphatic carbocycles. The van der Waals surface area contributed by atoms with Crippen molar-refractivity contribution in [3.05, 3.63) is 0 Å². The summed E-state index contributed by atoms with van der Waals surface area (Å²) in [6.45, 7) is 5.90. The highest BCUT2D eigenvalue weighted by Crippen LogP contribution is 2.07. The van der Waals surface area contributed by atoms with Gasteiger partial charge in [-0.2, -0.15) is 0 Å². The Morgan fingerprint density at radius 2 is 2.00 bits per heavy atom. The molecule has 0 aliphatic heterocycles. The number of carbonyl (C=O) groups is 2. The van der Waals surface area contributed by atoms with Crippen LogP contribution in [-0.4, -0.2) is 24.6 Å². The zero-order valence-electron chi connectivity index (χ0n) is 9.37. The van der Waals surface area contributed by atoms with E-state index in [0.717, 1.165) is 6.42 Å². The normalized spacial score (nSPS) is 14.1. The summed E-state index contributed by atoms with van der Waals surface area (Å²) in [4.78, 5) is 27.0. The molecule has 0 heterocycles. The smallest absolute Gasteiger partial charge is 0.312 e. The molecule has 0 rings (SSSR count). The van der Waals surface area contributed by atoms with Crippen LogP contribution >= 0.6 is 0 Å². The number of hydroxylamine groups is 1. The van der Waals surface area contributed by atoms with Crippen LogP contribution in [0.3, 0.4) is 0 Å². The molecule has 0 aliphatic rings. The predicted molar refractivity (Wildman–Crippen MR) is 55.7 cm³/mol. The van der Waals surface area contributed by atoms with Crippen LogP contribution in [0.2, 0.25) is 0 Å². The second-order valence-electron chi connectivity index (χ2n) is 3.27. The SMILES string of the molecule is CCONC(=O)C(NC(N)=O)C(C)CC. The standard InChI is InChI=1S/C9H19N3O3/c1-4-6(3)7(11-9(10)14)8(13)12-15-5-2/h6-7H,4-5H2,1-3H3,(H,12,13)(H3,10,11,14). The summed E-state index contributed by atoms with van der Waals surface area (Å²) in [5, 5.41) is 2.39. The third-order valence-corrected chi connectivity index (χ3v) is 2.11. The zero-order valence-corrected chi connectivity index (χ0v) is 9.37. The molecular weight excluding hydrogens is 198 g/mol. The summed E-state index contributed by atoms with van der Waals surface area (Å²) in [7, 11) is 0. The Bertz CT molecular complexity index is 221. The Balaban J connectivity index is 4.33. The molecule has 2 atom stereocenters. The van der Waals surface area contributed by atoms with Gasteiger partial charge >= 0.3 is 6.03 Å². The van der Waals surface area contributed by atoms with Gasteiger partial charge in [-0.25, -0.2) is 10.3 Å². The van der Waals surface area contributed by atoms with Crippen LogP contribution in [0, 0.1) is 5.92 Å². The van der Waals surface area contributed by atoms with E-state index in [1.807, 2.05) is 13.8 Å². The van der Waals surface area contributed by atoms with Crippen LogP contribution in [-0.2, 0) is 9.63 Å². The highest BCUT2D eigenvalue weighted by atomic mass is 16.6. The van der Waals surface area contributed by atoms with E-state index in [4.69, 9.17) is 10.6 Å². The third-order valence-electron chi connectivity index (χ3n) is 2.11. The summed E-state index contributed by atoms with van der Waals surface area (Å²) in [6.07, 6.45) is 0.754. The molecule has 4 N–H and O–H groups in total. The van der Waals surface area contributed by atoms with Crippen molar-refractivity contribution >= 4 is 11.9 Å². The molecule has 0 saturated heterocycles. The van der Waals surface area contributed by atoms with Crippen molar-refractivity contribution in [1.82, 2.24) is 10.8 Å². The Kier molecular flexibility index (Phi) is 6.44. The fourth-order valence-electron chi connectivity index (χ4n) is 1.06. The van der Waals surface area contributed by atoms with Gasteiger partial charge < -0.3 is 11.1 Å². The fraction of sp³-hybridized carbons (Fsp3) is 0.778. The lowest BCUT2D eigenvalue weighted by Gasteiger charge is -2.21. The van der Waals surface area contributed by atoms with Crippen molar-refractivity contribution in [3.8, 4) is 0 Å². The van der Waals surface area contributed by atoms with Crippen molar-refractivity contribution in [2.45, 2.75) is 33.2 Å². The Morgan fingerprint density at radius 1 is 1.40 bits per heavy atom. The largest absolute Gasteiger partial charge is 0.352 e. The van der Waals surface area contributed by atoms with Gasteiger partial charge in [-0.15, -0.1) is 0 Å². The number of nitrogens with one attached hydrogen (secondary N) is 2. The molecule has 88 valence electrons. The molecule has 0 aromatic carbocycles. The van der Waals surface area contributed by atoms with Crippen LogP contribution < -0.4 is 16.5 Å². The quantitative estimate of drug-likeness (QED) is 0.552. The maximum absolute atomic E-state index is 11.5. The number of hydrogen-bond acceptors (Lipinski definition) is 3. The highest BCUT2D eigenvalue weighted by Gasteiger charge is 2.25. The van der Waals surface area contributed by atoms with E-state index >= 15 is 0 Å². The van der Waals surface area contributed by atoms with Gasteiger partial charge in [0, 0.05) is 0 Å². The lowest BCUT2D eigenvalue weighted by atomic mass is 9.99. The first-order chi connectivity index (χ1) is 7.02. The van der Waals surface area contributed by atoms with Crippen LogP contribution in [0.5, 0.6) is 0 Å². The van der Waals surface area contributed by atoms with Crippen LogP contribution in [0.25, 0.3) is 0 Å². The maximum Gasteiger partial charge on any atom is 0.312 e. The lowest BCUT2D eigenvalue weighted by Crippen LogP contribution is -2.51. The summed E-state index contributed by atoms with van der Waals surface area (Å²) < 4.78 is 0. The molecule has 6 nitrogen and oxygen atoms in total. The molecular formula is C9H19N3O3. The molecule has 0 aromatic heterocycles. The van der Waals surface area contributed by atoms with E-state index in [1.54, 1.807) is 6.92 Å². The van der Waals surface area contributed by atoms with Gasteiger partial charge in [0.2, 0.25) is 0 Å². The summed E-state index contributed by atoms with van der Waals surface area (Å²) in [5.41, 5.74) is 7.23. The summed E-state index contributed by atoms with van der Waals surface area (Å²) >= 11 is 0. The molecule has 0 radical (unpaired) electrons. The van der Waals surface area contributed by atoms with E-state index in [1.165, 1.54) is 0 Å². The van der Waals surface area contributed by atoms with Crippen molar-refractivity contribution in [3.63, 3.8) is 0 Å². The number of primary amides is 1. The monoisotopic (exact) mass is 217 g/mol. The van der Waals surface area contributed by atoms with E-state index in [0.29, 0.717) is 6.61 Å². The Labute approximate surface area is 89.5 Å². The van der Waals surface area contributed by atoms with E-state index in [2.05, 4.69) is 10.8 Å². The minimum atomic E-state index is -0.716. The number of nitrogens with two attached hydrogens (primary N) is 1. The molecule has 0 bridgehead atoms. The second-order valence-corrected chi connectivity index (χ2v) is 3.27. The number of rotatable bonds is 6. The van der Waals surface area contributed by atoms with Gasteiger partial charge in [0.25, 0.3) is 5.91 Å². The van der Waals surface area contributed by atoms with Gasteiger partial charge in [-0.1, -0.05) is 20.3 Å². The van der Waals surface area contributed by atoms with Crippen LogP contribution in [0.1, 0.15) is 27.2 Å². The minimum absolute atomic E-state index is 0.00189. The average Bonchev–Trinajstić information content (AvgIpc) is 2.21. The molecule has 3 amide bonds. The predicted octanol–water partition coefficient (Wildman–Crippen LogP) is 0.137. The average molecular weight is 217 g/mol. The van der Waals surface area contributed by atoms with E-state index in [9.17, 15) is 9.59 Å². The molecule has 0 fully saturated rings. The number of urea groups is 1. The first kappa shape index (κ1) is 13.7. The number of hydrogen-bond donors (Lipinski definition) is 3. The van der Waals surface area contributed by atoms with E-state index < -0.39 is 12.1 Å². The Morgan fingerprint density at radius 3 is 2.40 bits per heavy atom. The maximum atomic E-state index is 11.5.